The summed E-state index contributed by atoms with van der Waals surface area (Å²) in [4.78, 5) is 17.3. The first-order valence-electron chi connectivity index (χ1n) is 11.2. The summed E-state index contributed by atoms with van der Waals surface area (Å²) in [5.41, 5.74) is 4.75. The molecule has 9 heteroatoms. The third kappa shape index (κ3) is 4.25. The minimum absolute atomic E-state index is 0.0987. The van der Waals surface area contributed by atoms with E-state index < -0.39 is 23.2 Å². The zero-order valence-corrected chi connectivity index (χ0v) is 20.2. The van der Waals surface area contributed by atoms with Crippen LogP contribution in [-0.4, -0.2) is 17.3 Å². The molecule has 5 nitrogen and oxygen atoms in total. The lowest BCUT2D eigenvalue weighted by Gasteiger charge is -2.32. The number of alkyl halides is 3. The molecule has 1 aliphatic heterocycles. The van der Waals surface area contributed by atoms with E-state index in [1.54, 1.807) is 31.2 Å². The number of rotatable bonds is 4. The molecule has 36 heavy (non-hydrogen) atoms. The van der Waals surface area contributed by atoms with Gasteiger partial charge < -0.3 is 9.30 Å². The van der Waals surface area contributed by atoms with E-state index in [0.29, 0.717) is 28.0 Å². The van der Waals surface area contributed by atoms with Crippen molar-refractivity contribution in [2.24, 2.45) is 0 Å². The van der Waals surface area contributed by atoms with Crippen LogP contribution >= 0.6 is 11.6 Å². The number of hydrogen-bond donors (Lipinski definition) is 1. The van der Waals surface area contributed by atoms with E-state index in [4.69, 9.17) is 21.2 Å². The van der Waals surface area contributed by atoms with E-state index in [-0.39, 0.29) is 6.79 Å². The first-order chi connectivity index (χ1) is 17.1. The van der Waals surface area contributed by atoms with Gasteiger partial charge in [0, 0.05) is 33.7 Å². The van der Waals surface area contributed by atoms with E-state index in [0.717, 1.165) is 28.5 Å². The second-order valence-electron chi connectivity index (χ2n) is 8.85. The lowest BCUT2D eigenvalue weighted by Crippen LogP contribution is -2.49. The molecule has 0 aliphatic carbocycles. The van der Waals surface area contributed by atoms with Gasteiger partial charge in [-0.15, -0.1) is 0 Å². The molecule has 0 saturated carbocycles. The van der Waals surface area contributed by atoms with Gasteiger partial charge in [-0.05, 0) is 54.8 Å². The molecule has 1 N–H and O–H groups in total. The Bertz CT molecular complexity index is 1460. The number of nitrogens with zero attached hydrogens (tertiary/aromatic N) is 1. The molecule has 1 atom stereocenters. The average molecular weight is 515 g/mol. The van der Waals surface area contributed by atoms with Crippen molar-refractivity contribution in [3.05, 3.63) is 94.1 Å². The Morgan fingerprint density at radius 2 is 1.83 bits per heavy atom. The van der Waals surface area contributed by atoms with Crippen molar-refractivity contribution >= 4 is 28.4 Å². The van der Waals surface area contributed by atoms with E-state index in [1.165, 1.54) is 12.1 Å². The minimum Gasteiger partial charge on any atom is -0.340 e. The highest BCUT2D eigenvalue weighted by Gasteiger charge is 2.40. The highest BCUT2D eigenvalue weighted by molar-refractivity contribution is 6.30. The van der Waals surface area contributed by atoms with Crippen LogP contribution in [0.25, 0.3) is 22.0 Å². The van der Waals surface area contributed by atoms with E-state index >= 15 is 0 Å². The molecule has 2 heterocycles. The summed E-state index contributed by atoms with van der Waals surface area (Å²) < 4.78 is 48.3. The Morgan fingerprint density at radius 1 is 1.08 bits per heavy atom. The fourth-order valence-corrected chi connectivity index (χ4v) is 4.73. The van der Waals surface area contributed by atoms with Gasteiger partial charge in [-0.2, -0.15) is 13.2 Å². The first kappa shape index (κ1) is 24.4. The van der Waals surface area contributed by atoms with Gasteiger partial charge in [-0.25, -0.2) is 10.3 Å². The standard InChI is InChI=1S/C27H22ClF3N2O3/c1-16-24(18-6-9-21(28)10-7-18)22-11-8-20(27(29,30)31)13-23(22)33(16)14-17-4-3-5-19(12-17)26(2)25(34)32-36-15-35-26/h3-13H,14-15H2,1-2H3,(H,32,34)/t26-/m0/s1. The van der Waals surface area contributed by atoms with Crippen LogP contribution in [0.15, 0.2) is 66.7 Å². The Balaban J connectivity index is 1.64. The number of carbonyl (C=O) groups is 1. The lowest BCUT2D eigenvalue weighted by atomic mass is 9.93. The molecule has 5 rings (SSSR count). The smallest absolute Gasteiger partial charge is 0.340 e. The van der Waals surface area contributed by atoms with Crippen LogP contribution in [0.2, 0.25) is 5.02 Å². The maximum absolute atomic E-state index is 13.6. The number of halogens is 4. The number of carbonyl (C=O) groups excluding carboxylic acids is 1. The van der Waals surface area contributed by atoms with Gasteiger partial charge in [0.2, 0.25) is 0 Å². The number of hydrogen-bond acceptors (Lipinski definition) is 3. The number of nitrogens with one attached hydrogen (secondary N) is 1. The van der Waals surface area contributed by atoms with Crippen LogP contribution in [-0.2, 0) is 32.7 Å². The Kier molecular flexibility index (Phi) is 6.06. The summed E-state index contributed by atoms with van der Waals surface area (Å²) in [6.45, 7) is 3.73. The van der Waals surface area contributed by atoms with Crippen molar-refractivity contribution < 1.29 is 27.5 Å². The fourth-order valence-electron chi connectivity index (χ4n) is 4.61. The number of benzene rings is 3. The fraction of sp³-hybridized carbons (Fsp3) is 0.222. The second-order valence-corrected chi connectivity index (χ2v) is 9.29. The monoisotopic (exact) mass is 514 g/mol. The molecule has 0 bridgehead atoms. The molecule has 4 aromatic rings. The summed E-state index contributed by atoms with van der Waals surface area (Å²) in [5, 5.41) is 1.28. The number of hydroxylamine groups is 1. The number of amides is 1. The molecular weight excluding hydrogens is 493 g/mol. The van der Waals surface area contributed by atoms with Crippen molar-refractivity contribution in [1.82, 2.24) is 10.0 Å². The second kappa shape index (κ2) is 8.96. The molecule has 0 radical (unpaired) electrons. The third-order valence-corrected chi connectivity index (χ3v) is 6.86. The third-order valence-electron chi connectivity index (χ3n) is 6.61. The van der Waals surface area contributed by atoms with Gasteiger partial charge in [0.1, 0.15) is 0 Å². The van der Waals surface area contributed by atoms with Crippen LogP contribution in [0.4, 0.5) is 13.2 Å². The first-order valence-corrected chi connectivity index (χ1v) is 11.6. The summed E-state index contributed by atoms with van der Waals surface area (Å²) in [5.74, 6) is -0.437. The summed E-state index contributed by atoms with van der Waals surface area (Å²) in [6, 6.07) is 18.3. The molecule has 3 aromatic carbocycles. The molecule has 0 unspecified atom stereocenters. The molecule has 1 amide bonds. The lowest BCUT2D eigenvalue weighted by molar-refractivity contribution is -0.221. The zero-order chi connectivity index (χ0) is 25.7. The maximum atomic E-state index is 13.6. The van der Waals surface area contributed by atoms with Crippen LogP contribution in [0, 0.1) is 6.92 Å². The van der Waals surface area contributed by atoms with Gasteiger partial charge in [-0.1, -0.05) is 54.1 Å². The molecule has 1 saturated heterocycles. The molecule has 1 aliphatic rings. The number of fused-ring (bicyclic) bond motifs is 1. The van der Waals surface area contributed by atoms with Crippen LogP contribution in [0.5, 0.6) is 0 Å². The van der Waals surface area contributed by atoms with Crippen molar-refractivity contribution in [3.63, 3.8) is 0 Å². The average Bonchev–Trinajstić information content (AvgIpc) is 3.12. The van der Waals surface area contributed by atoms with Crippen LogP contribution in [0.3, 0.4) is 0 Å². The van der Waals surface area contributed by atoms with Gasteiger partial charge >= 0.3 is 6.18 Å². The van der Waals surface area contributed by atoms with Gasteiger partial charge in [0.05, 0.1) is 5.56 Å². The number of aromatic nitrogens is 1. The maximum Gasteiger partial charge on any atom is 0.416 e. The van der Waals surface area contributed by atoms with Crippen molar-refractivity contribution in [1.29, 1.82) is 0 Å². The van der Waals surface area contributed by atoms with Crippen molar-refractivity contribution in [2.45, 2.75) is 32.2 Å². The Labute approximate surface area is 210 Å². The van der Waals surface area contributed by atoms with Crippen LogP contribution < -0.4 is 5.48 Å². The molecular formula is C27H22ClF3N2O3. The van der Waals surface area contributed by atoms with Gasteiger partial charge in [0.25, 0.3) is 5.91 Å². The van der Waals surface area contributed by atoms with E-state index in [2.05, 4.69) is 5.48 Å². The highest BCUT2D eigenvalue weighted by atomic mass is 35.5. The predicted octanol–water partition coefficient (Wildman–Crippen LogP) is 6.59. The van der Waals surface area contributed by atoms with Gasteiger partial charge in [-0.3, -0.25) is 4.79 Å². The minimum atomic E-state index is -4.47. The topological polar surface area (TPSA) is 52.5 Å². The SMILES string of the molecule is Cc1c(-c2ccc(Cl)cc2)c2ccc(C(F)(F)F)cc2n1Cc1cccc([C@]2(C)OCONC2=O)c1. The summed E-state index contributed by atoms with van der Waals surface area (Å²) in [6.07, 6.45) is -4.47. The normalized spacial score (nSPS) is 18.4. The van der Waals surface area contributed by atoms with E-state index in [1.807, 2.05) is 35.8 Å². The zero-order valence-electron chi connectivity index (χ0n) is 19.4. The molecule has 1 aromatic heterocycles. The van der Waals surface area contributed by atoms with Gasteiger partial charge in [0.15, 0.2) is 12.4 Å². The number of ether oxygens (including phenoxy) is 1. The summed E-state index contributed by atoms with van der Waals surface area (Å²) in [7, 11) is 0. The largest absolute Gasteiger partial charge is 0.416 e. The van der Waals surface area contributed by atoms with Crippen molar-refractivity contribution in [3.8, 4) is 11.1 Å². The molecule has 186 valence electrons. The predicted molar refractivity (Wildman–Crippen MR) is 130 cm³/mol. The Morgan fingerprint density at radius 3 is 2.53 bits per heavy atom. The quantitative estimate of drug-likeness (QED) is 0.334. The highest BCUT2D eigenvalue weighted by Crippen LogP contribution is 2.39. The molecule has 1 fully saturated rings. The van der Waals surface area contributed by atoms with E-state index in [9.17, 15) is 18.0 Å². The van der Waals surface area contributed by atoms with Crippen molar-refractivity contribution in [2.75, 3.05) is 6.79 Å². The Hall–Kier alpha value is -3.33. The summed E-state index contributed by atoms with van der Waals surface area (Å²) >= 11 is 6.06. The van der Waals surface area contributed by atoms with Crippen LogP contribution in [0.1, 0.15) is 29.3 Å². The molecule has 0 spiro atoms.